The Kier molecular flexibility index (Phi) is 5.28. The lowest BCUT2D eigenvalue weighted by Gasteiger charge is -2.14. The van der Waals surface area contributed by atoms with Gasteiger partial charge in [0, 0.05) is 23.5 Å². The summed E-state index contributed by atoms with van der Waals surface area (Å²) in [4.78, 5) is 3.16. The first-order valence-corrected chi connectivity index (χ1v) is 8.31. The minimum atomic E-state index is 0.557. The largest absolute Gasteiger partial charge is 0.495 e. The van der Waals surface area contributed by atoms with Crippen molar-refractivity contribution in [2.24, 2.45) is 0 Å². The maximum absolute atomic E-state index is 6.29. The molecule has 0 spiro atoms. The molecular weight excluding hydrogens is 354 g/mol. The van der Waals surface area contributed by atoms with Crippen molar-refractivity contribution in [1.82, 2.24) is 4.98 Å². The maximum atomic E-state index is 6.29. The van der Waals surface area contributed by atoms with Crippen LogP contribution in [0.2, 0.25) is 5.02 Å². The van der Waals surface area contributed by atoms with E-state index < -0.39 is 0 Å². The maximum Gasteiger partial charge on any atom is 0.203 e. The summed E-state index contributed by atoms with van der Waals surface area (Å²) < 4.78 is 21.5. The summed E-state index contributed by atoms with van der Waals surface area (Å²) in [7, 11) is 6.38. The van der Waals surface area contributed by atoms with Crippen LogP contribution in [0.5, 0.6) is 23.0 Å². The van der Waals surface area contributed by atoms with Gasteiger partial charge in [-0.05, 0) is 35.4 Å². The predicted octanol–water partition coefficient (Wildman–Crippen LogP) is 5.04. The average molecular weight is 374 g/mol. The molecule has 0 saturated carbocycles. The second-order valence-corrected chi connectivity index (χ2v) is 5.95. The second-order valence-electron chi connectivity index (χ2n) is 5.55. The van der Waals surface area contributed by atoms with E-state index >= 15 is 0 Å². The number of ether oxygens (including phenoxy) is 4. The molecule has 0 saturated heterocycles. The number of halogens is 1. The first kappa shape index (κ1) is 18.0. The van der Waals surface area contributed by atoms with Gasteiger partial charge in [0.2, 0.25) is 5.75 Å². The predicted molar refractivity (Wildman–Crippen MR) is 103 cm³/mol. The molecule has 0 aliphatic heterocycles. The van der Waals surface area contributed by atoms with Crippen LogP contribution >= 0.6 is 11.6 Å². The van der Waals surface area contributed by atoms with Gasteiger partial charge >= 0.3 is 0 Å². The molecule has 1 aromatic heterocycles. The summed E-state index contributed by atoms with van der Waals surface area (Å²) in [5.41, 5.74) is 3.90. The average Bonchev–Trinajstić information content (AvgIpc) is 3.16. The molecule has 0 bridgehead atoms. The van der Waals surface area contributed by atoms with Gasteiger partial charge in [0.1, 0.15) is 5.75 Å². The second kappa shape index (κ2) is 7.62. The Morgan fingerprint density at radius 1 is 0.692 bits per heavy atom. The van der Waals surface area contributed by atoms with Crippen molar-refractivity contribution in [2.75, 3.05) is 28.4 Å². The quantitative estimate of drug-likeness (QED) is 0.658. The number of methoxy groups -OCH3 is 4. The van der Waals surface area contributed by atoms with Gasteiger partial charge < -0.3 is 23.9 Å². The SMILES string of the molecule is COc1ccc(-c2c[nH]cc2-c2cc(OC)c(OC)c(OC)c2)cc1Cl. The zero-order valence-electron chi connectivity index (χ0n) is 15.1. The van der Waals surface area contributed by atoms with Gasteiger partial charge in [0.15, 0.2) is 11.5 Å². The lowest BCUT2D eigenvalue weighted by Crippen LogP contribution is -1.95. The first-order valence-electron chi connectivity index (χ1n) is 7.94. The zero-order valence-corrected chi connectivity index (χ0v) is 15.8. The third-order valence-corrected chi connectivity index (χ3v) is 4.48. The highest BCUT2D eigenvalue weighted by molar-refractivity contribution is 6.32. The third-order valence-electron chi connectivity index (χ3n) is 4.18. The first-order chi connectivity index (χ1) is 12.6. The van der Waals surface area contributed by atoms with E-state index in [2.05, 4.69) is 4.98 Å². The van der Waals surface area contributed by atoms with Gasteiger partial charge in [0.25, 0.3) is 0 Å². The van der Waals surface area contributed by atoms with E-state index in [4.69, 9.17) is 30.5 Å². The van der Waals surface area contributed by atoms with Crippen molar-refractivity contribution in [3.8, 4) is 45.3 Å². The summed E-state index contributed by atoms with van der Waals surface area (Å²) in [6, 6.07) is 9.53. The highest BCUT2D eigenvalue weighted by atomic mass is 35.5. The van der Waals surface area contributed by atoms with Crippen molar-refractivity contribution in [1.29, 1.82) is 0 Å². The summed E-state index contributed by atoms with van der Waals surface area (Å²) >= 11 is 6.29. The molecule has 1 heterocycles. The molecule has 3 aromatic rings. The normalized spacial score (nSPS) is 10.5. The number of hydrogen-bond donors (Lipinski definition) is 1. The highest BCUT2D eigenvalue weighted by Crippen LogP contribution is 2.43. The molecule has 5 nitrogen and oxygen atoms in total. The van der Waals surface area contributed by atoms with Crippen LogP contribution in [0.3, 0.4) is 0 Å². The van der Waals surface area contributed by atoms with Crippen LogP contribution < -0.4 is 18.9 Å². The molecular formula is C20H20ClNO4. The number of hydrogen-bond acceptors (Lipinski definition) is 4. The fourth-order valence-corrected chi connectivity index (χ4v) is 3.17. The molecule has 0 aliphatic carbocycles. The molecule has 0 aliphatic rings. The number of H-pyrrole nitrogens is 1. The van der Waals surface area contributed by atoms with Crippen molar-refractivity contribution in [3.63, 3.8) is 0 Å². The molecule has 0 atom stereocenters. The Hall–Kier alpha value is -2.79. The summed E-state index contributed by atoms with van der Waals surface area (Å²) in [6.45, 7) is 0. The van der Waals surface area contributed by atoms with Crippen LogP contribution in [0.15, 0.2) is 42.7 Å². The molecule has 1 N–H and O–H groups in total. The van der Waals surface area contributed by atoms with E-state index in [9.17, 15) is 0 Å². The van der Waals surface area contributed by atoms with Crippen LogP contribution in [0, 0.1) is 0 Å². The van der Waals surface area contributed by atoms with Gasteiger partial charge in [-0.15, -0.1) is 0 Å². The number of nitrogens with one attached hydrogen (secondary N) is 1. The van der Waals surface area contributed by atoms with E-state index in [0.29, 0.717) is 28.0 Å². The van der Waals surface area contributed by atoms with E-state index in [1.807, 2.05) is 42.7 Å². The summed E-state index contributed by atoms with van der Waals surface area (Å²) in [5, 5.41) is 0.557. The highest BCUT2D eigenvalue weighted by Gasteiger charge is 2.17. The van der Waals surface area contributed by atoms with Crippen molar-refractivity contribution in [2.45, 2.75) is 0 Å². The molecule has 3 rings (SSSR count). The minimum absolute atomic E-state index is 0.557. The molecule has 6 heteroatoms. The Morgan fingerprint density at radius 3 is 1.77 bits per heavy atom. The fourth-order valence-electron chi connectivity index (χ4n) is 2.91. The van der Waals surface area contributed by atoms with Gasteiger partial charge in [-0.25, -0.2) is 0 Å². The molecule has 0 fully saturated rings. The smallest absolute Gasteiger partial charge is 0.203 e. The van der Waals surface area contributed by atoms with E-state index in [1.54, 1.807) is 28.4 Å². The molecule has 0 radical (unpaired) electrons. The van der Waals surface area contributed by atoms with Crippen molar-refractivity contribution >= 4 is 11.6 Å². The monoisotopic (exact) mass is 373 g/mol. The van der Waals surface area contributed by atoms with Gasteiger partial charge in [-0.3, -0.25) is 0 Å². The number of benzene rings is 2. The van der Waals surface area contributed by atoms with Crippen LogP contribution in [0.1, 0.15) is 0 Å². The Balaban J connectivity index is 2.13. The molecule has 0 unspecified atom stereocenters. The van der Waals surface area contributed by atoms with Crippen LogP contribution in [0.4, 0.5) is 0 Å². The fraction of sp³-hybridized carbons (Fsp3) is 0.200. The molecule has 136 valence electrons. The molecule has 26 heavy (non-hydrogen) atoms. The van der Waals surface area contributed by atoms with Gasteiger partial charge in [-0.1, -0.05) is 17.7 Å². The number of aromatic amines is 1. The molecule has 0 amide bonds. The van der Waals surface area contributed by atoms with Gasteiger partial charge in [-0.2, -0.15) is 0 Å². The van der Waals surface area contributed by atoms with Crippen molar-refractivity contribution < 1.29 is 18.9 Å². The van der Waals surface area contributed by atoms with E-state index in [-0.39, 0.29) is 0 Å². The third kappa shape index (κ3) is 3.18. The van der Waals surface area contributed by atoms with Crippen LogP contribution in [0.25, 0.3) is 22.3 Å². The van der Waals surface area contributed by atoms with Gasteiger partial charge in [0.05, 0.1) is 33.5 Å². The topological polar surface area (TPSA) is 52.7 Å². The Labute approximate surface area is 157 Å². The zero-order chi connectivity index (χ0) is 18.7. The minimum Gasteiger partial charge on any atom is -0.495 e. The Morgan fingerprint density at radius 2 is 1.27 bits per heavy atom. The Bertz CT molecular complexity index is 895. The van der Waals surface area contributed by atoms with E-state index in [1.165, 1.54) is 0 Å². The van der Waals surface area contributed by atoms with Crippen molar-refractivity contribution in [3.05, 3.63) is 47.7 Å². The van der Waals surface area contributed by atoms with E-state index in [0.717, 1.165) is 22.3 Å². The lowest BCUT2D eigenvalue weighted by atomic mass is 9.98. The summed E-state index contributed by atoms with van der Waals surface area (Å²) in [5.74, 6) is 2.40. The van der Waals surface area contributed by atoms with Crippen LogP contribution in [-0.4, -0.2) is 33.4 Å². The number of rotatable bonds is 6. The molecule has 2 aromatic carbocycles. The standard InChI is InChI=1S/C20H20ClNO4/c1-23-17-6-5-12(7-16(17)21)14-10-22-11-15(14)13-8-18(24-2)20(26-4)19(9-13)25-3/h5-11,22H,1-4H3. The van der Waals surface area contributed by atoms with Crippen LogP contribution in [-0.2, 0) is 0 Å². The summed E-state index contributed by atoms with van der Waals surface area (Å²) in [6.07, 6.45) is 3.85. The lowest BCUT2D eigenvalue weighted by molar-refractivity contribution is 0.324. The number of aromatic nitrogens is 1.